The highest BCUT2D eigenvalue weighted by molar-refractivity contribution is 9.09. The summed E-state index contributed by atoms with van der Waals surface area (Å²) in [4.78, 5) is 0.508. The predicted octanol–water partition coefficient (Wildman–Crippen LogP) is 4.47. The van der Waals surface area contributed by atoms with Gasteiger partial charge in [-0.1, -0.05) is 54.7 Å². The van der Waals surface area contributed by atoms with E-state index >= 15 is 0 Å². The van der Waals surface area contributed by atoms with Crippen molar-refractivity contribution in [3.63, 3.8) is 0 Å². The van der Waals surface area contributed by atoms with Gasteiger partial charge in [0.05, 0.1) is 16.4 Å². The van der Waals surface area contributed by atoms with Gasteiger partial charge in [-0.15, -0.1) is 0 Å². The van der Waals surface area contributed by atoms with Gasteiger partial charge in [0.15, 0.2) is 0 Å². The first-order valence-corrected chi connectivity index (χ1v) is 7.72. The van der Waals surface area contributed by atoms with Crippen molar-refractivity contribution in [3.05, 3.63) is 16.4 Å². The zero-order chi connectivity index (χ0) is 13.0. The second-order valence-electron chi connectivity index (χ2n) is 4.43. The number of nitrogens with zero attached hydrogens (tertiary/aromatic N) is 2. The van der Waals surface area contributed by atoms with Gasteiger partial charge >= 0.3 is 0 Å². The molecule has 2 atom stereocenters. The minimum absolute atomic E-state index is 0.508. The Bertz CT molecular complexity index is 361. The Kier molecular flexibility index (Phi) is 6.01. The number of aryl methyl sites for hydroxylation is 2. The van der Waals surface area contributed by atoms with E-state index < -0.39 is 0 Å². The molecule has 2 nitrogen and oxygen atoms in total. The summed E-state index contributed by atoms with van der Waals surface area (Å²) in [7, 11) is 0. The van der Waals surface area contributed by atoms with Crippen molar-refractivity contribution < 1.29 is 0 Å². The van der Waals surface area contributed by atoms with Crippen LogP contribution in [0.15, 0.2) is 0 Å². The lowest BCUT2D eigenvalue weighted by atomic mass is 9.97. The Morgan fingerprint density at radius 1 is 1.35 bits per heavy atom. The first-order chi connectivity index (χ1) is 8.04. The number of hydrogen-bond donors (Lipinski definition) is 0. The Morgan fingerprint density at radius 2 is 2.00 bits per heavy atom. The molecule has 98 valence electrons. The molecule has 0 aliphatic heterocycles. The third kappa shape index (κ3) is 3.47. The van der Waals surface area contributed by atoms with Crippen molar-refractivity contribution in [2.45, 2.75) is 58.3 Å². The van der Waals surface area contributed by atoms with Crippen LogP contribution in [0.3, 0.4) is 0 Å². The molecule has 1 aromatic heterocycles. The van der Waals surface area contributed by atoms with Crippen molar-refractivity contribution in [1.29, 1.82) is 0 Å². The van der Waals surface area contributed by atoms with Crippen molar-refractivity contribution in [3.8, 4) is 0 Å². The number of rotatable bonds is 6. The molecule has 0 radical (unpaired) electrons. The van der Waals surface area contributed by atoms with E-state index in [9.17, 15) is 0 Å². The van der Waals surface area contributed by atoms with Crippen LogP contribution in [-0.2, 0) is 19.4 Å². The van der Waals surface area contributed by atoms with Crippen LogP contribution in [0.4, 0.5) is 0 Å². The van der Waals surface area contributed by atoms with Crippen molar-refractivity contribution in [2.75, 3.05) is 0 Å². The third-order valence-corrected chi connectivity index (χ3v) is 4.51. The van der Waals surface area contributed by atoms with Gasteiger partial charge in [-0.25, -0.2) is 0 Å². The van der Waals surface area contributed by atoms with Crippen LogP contribution in [-0.4, -0.2) is 14.6 Å². The highest BCUT2D eigenvalue weighted by Crippen LogP contribution is 2.28. The van der Waals surface area contributed by atoms with E-state index in [4.69, 9.17) is 11.6 Å². The van der Waals surface area contributed by atoms with Crippen molar-refractivity contribution >= 4 is 27.5 Å². The van der Waals surface area contributed by atoms with Gasteiger partial charge in [0.2, 0.25) is 0 Å². The molecule has 0 amide bonds. The summed E-state index contributed by atoms with van der Waals surface area (Å²) in [5.41, 5.74) is 2.23. The molecule has 0 bridgehead atoms. The molecule has 0 aliphatic carbocycles. The van der Waals surface area contributed by atoms with Crippen molar-refractivity contribution in [2.24, 2.45) is 5.92 Å². The number of halogens is 2. The van der Waals surface area contributed by atoms with E-state index in [1.54, 1.807) is 0 Å². The average molecular weight is 322 g/mol. The molecule has 0 saturated heterocycles. The van der Waals surface area contributed by atoms with Gasteiger partial charge in [0.1, 0.15) is 0 Å². The molecule has 0 aliphatic rings. The Morgan fingerprint density at radius 3 is 2.41 bits per heavy atom. The van der Waals surface area contributed by atoms with Gasteiger partial charge < -0.3 is 0 Å². The SMILES string of the molecule is CCc1nn(CC)c(CC(CC)C(C)Br)c1Cl. The summed E-state index contributed by atoms with van der Waals surface area (Å²) in [6.45, 7) is 9.54. The molecule has 0 aromatic carbocycles. The van der Waals surface area contributed by atoms with Crippen LogP contribution < -0.4 is 0 Å². The van der Waals surface area contributed by atoms with Crippen LogP contribution in [0.5, 0.6) is 0 Å². The summed E-state index contributed by atoms with van der Waals surface area (Å²) >= 11 is 10.1. The van der Waals surface area contributed by atoms with Gasteiger partial charge in [-0.05, 0) is 25.7 Å². The second-order valence-corrected chi connectivity index (χ2v) is 6.25. The molecule has 0 N–H and O–H groups in total. The van der Waals surface area contributed by atoms with E-state index in [1.807, 2.05) is 0 Å². The van der Waals surface area contributed by atoms with Crippen LogP contribution >= 0.6 is 27.5 Å². The predicted molar refractivity (Wildman–Crippen MR) is 78.2 cm³/mol. The van der Waals surface area contributed by atoms with Gasteiger partial charge in [0, 0.05) is 11.4 Å². The average Bonchev–Trinajstić information content (AvgIpc) is 2.62. The molecular formula is C13H22BrClN2. The van der Waals surface area contributed by atoms with Crippen LogP contribution in [0.1, 0.15) is 45.5 Å². The number of alkyl halides is 1. The highest BCUT2D eigenvalue weighted by atomic mass is 79.9. The van der Waals surface area contributed by atoms with E-state index in [0.29, 0.717) is 10.7 Å². The monoisotopic (exact) mass is 320 g/mol. The highest BCUT2D eigenvalue weighted by Gasteiger charge is 2.20. The number of hydrogen-bond acceptors (Lipinski definition) is 1. The molecule has 17 heavy (non-hydrogen) atoms. The maximum Gasteiger partial charge on any atom is 0.0849 e. The third-order valence-electron chi connectivity index (χ3n) is 3.32. The fourth-order valence-corrected chi connectivity index (χ4v) is 3.00. The normalized spacial score (nSPS) is 14.9. The largest absolute Gasteiger partial charge is 0.268 e. The number of aromatic nitrogens is 2. The summed E-state index contributed by atoms with van der Waals surface area (Å²) < 4.78 is 2.05. The lowest BCUT2D eigenvalue weighted by molar-refractivity contribution is 0.480. The summed E-state index contributed by atoms with van der Waals surface area (Å²) in [6, 6.07) is 0. The van der Waals surface area contributed by atoms with Gasteiger partial charge in [0.25, 0.3) is 0 Å². The van der Waals surface area contributed by atoms with E-state index in [2.05, 4.69) is 53.4 Å². The van der Waals surface area contributed by atoms with E-state index in [0.717, 1.165) is 36.5 Å². The Hall–Kier alpha value is -0.0200. The summed E-state index contributed by atoms with van der Waals surface area (Å²) in [5, 5.41) is 5.44. The smallest absolute Gasteiger partial charge is 0.0849 e. The van der Waals surface area contributed by atoms with Gasteiger partial charge in [-0.2, -0.15) is 5.10 Å². The summed E-state index contributed by atoms with van der Waals surface area (Å²) in [6.07, 6.45) is 3.06. The van der Waals surface area contributed by atoms with Gasteiger partial charge in [-0.3, -0.25) is 4.68 Å². The topological polar surface area (TPSA) is 17.8 Å². The van der Waals surface area contributed by atoms with Crippen LogP contribution in [0, 0.1) is 5.92 Å². The lowest BCUT2D eigenvalue weighted by Crippen LogP contribution is -2.16. The molecule has 0 spiro atoms. The first kappa shape index (κ1) is 15.0. The Labute approximate surface area is 118 Å². The molecule has 4 heteroatoms. The minimum atomic E-state index is 0.508. The summed E-state index contributed by atoms with van der Waals surface area (Å²) in [5.74, 6) is 0.610. The first-order valence-electron chi connectivity index (χ1n) is 6.43. The van der Waals surface area contributed by atoms with Crippen molar-refractivity contribution in [1.82, 2.24) is 9.78 Å². The minimum Gasteiger partial charge on any atom is -0.268 e. The van der Waals surface area contributed by atoms with E-state index in [1.165, 1.54) is 5.69 Å². The molecule has 0 fully saturated rings. The van der Waals surface area contributed by atoms with Crippen LogP contribution in [0.2, 0.25) is 5.02 Å². The van der Waals surface area contributed by atoms with E-state index in [-0.39, 0.29) is 0 Å². The molecule has 1 heterocycles. The zero-order valence-electron chi connectivity index (χ0n) is 11.1. The molecular weight excluding hydrogens is 300 g/mol. The molecule has 0 saturated carbocycles. The molecule has 2 unspecified atom stereocenters. The fraction of sp³-hybridized carbons (Fsp3) is 0.769. The zero-order valence-corrected chi connectivity index (χ0v) is 13.5. The fourth-order valence-electron chi connectivity index (χ4n) is 2.09. The second kappa shape index (κ2) is 6.79. The van der Waals surface area contributed by atoms with Crippen LogP contribution in [0.25, 0.3) is 0 Å². The quantitative estimate of drug-likeness (QED) is 0.707. The standard InChI is InChI=1S/C13H22BrClN2/c1-5-10(9(4)14)8-12-13(15)11(6-2)16-17(12)7-3/h9-10H,5-8H2,1-4H3. The maximum absolute atomic E-state index is 6.42. The molecule has 1 aromatic rings. The lowest BCUT2D eigenvalue weighted by Gasteiger charge is -2.18. The Balaban J connectivity index is 2.99. The molecule has 1 rings (SSSR count). The maximum atomic E-state index is 6.42.